The molecule has 3 fully saturated rings. The maximum atomic E-state index is 13.0. The van der Waals surface area contributed by atoms with Crippen LogP contribution in [0.25, 0.3) is 0 Å². The Bertz CT molecular complexity index is 881. The first-order chi connectivity index (χ1) is 14.0. The lowest BCUT2D eigenvalue weighted by atomic mass is 9.76. The van der Waals surface area contributed by atoms with Gasteiger partial charge in [0.2, 0.25) is 11.8 Å². The molecule has 2 atom stereocenters. The molecule has 2 unspecified atom stereocenters. The summed E-state index contributed by atoms with van der Waals surface area (Å²) in [5.74, 6) is -0.328. The van der Waals surface area contributed by atoms with Crippen molar-refractivity contribution in [3.63, 3.8) is 0 Å². The van der Waals surface area contributed by atoms with Crippen LogP contribution in [0.5, 0.6) is 0 Å². The maximum Gasteiger partial charge on any atom is 0.255 e. The van der Waals surface area contributed by atoms with Crippen molar-refractivity contribution >= 4 is 17.7 Å². The van der Waals surface area contributed by atoms with Gasteiger partial charge >= 0.3 is 0 Å². The summed E-state index contributed by atoms with van der Waals surface area (Å²) in [5.41, 5.74) is 8.98. The number of carbonyl (C=O) groups excluding carboxylic acids is 3. The van der Waals surface area contributed by atoms with Crippen LogP contribution in [0.2, 0.25) is 0 Å². The van der Waals surface area contributed by atoms with E-state index in [2.05, 4.69) is 16.3 Å². The smallest absolute Gasteiger partial charge is 0.255 e. The number of nitrogens with zero attached hydrogens (tertiary/aromatic N) is 2. The van der Waals surface area contributed by atoms with Gasteiger partial charge in [-0.2, -0.15) is 0 Å². The van der Waals surface area contributed by atoms with Gasteiger partial charge in [-0.05, 0) is 36.1 Å². The molecular formula is C21H26N4O4. The zero-order chi connectivity index (χ0) is 20.2. The van der Waals surface area contributed by atoms with Crippen LogP contribution in [0.4, 0.5) is 0 Å². The van der Waals surface area contributed by atoms with Gasteiger partial charge in [0.15, 0.2) is 0 Å². The first kappa shape index (κ1) is 18.7. The van der Waals surface area contributed by atoms with Crippen LogP contribution in [0.1, 0.15) is 34.3 Å². The van der Waals surface area contributed by atoms with Gasteiger partial charge in [-0.15, -0.1) is 0 Å². The molecule has 3 amide bonds. The Balaban J connectivity index is 1.35. The van der Waals surface area contributed by atoms with E-state index in [9.17, 15) is 14.4 Å². The second kappa shape index (κ2) is 6.90. The third-order valence-corrected chi connectivity index (χ3v) is 7.02. The highest BCUT2D eigenvalue weighted by Gasteiger charge is 2.51. The van der Waals surface area contributed by atoms with Crippen molar-refractivity contribution in [2.24, 2.45) is 17.1 Å². The summed E-state index contributed by atoms with van der Waals surface area (Å²) in [5, 5.41) is 2.36. The van der Waals surface area contributed by atoms with Crippen LogP contribution < -0.4 is 11.1 Å². The van der Waals surface area contributed by atoms with Crippen LogP contribution in [0.3, 0.4) is 0 Å². The second-order valence-corrected chi connectivity index (χ2v) is 8.80. The summed E-state index contributed by atoms with van der Waals surface area (Å²) in [4.78, 5) is 40.7. The van der Waals surface area contributed by atoms with Gasteiger partial charge in [-0.1, -0.05) is 12.1 Å². The number of rotatable bonds is 4. The van der Waals surface area contributed by atoms with Gasteiger partial charge in [0.1, 0.15) is 6.04 Å². The Morgan fingerprint density at radius 1 is 1.24 bits per heavy atom. The molecule has 8 nitrogen and oxygen atoms in total. The minimum absolute atomic E-state index is 0.124. The molecule has 4 aliphatic heterocycles. The van der Waals surface area contributed by atoms with Crippen molar-refractivity contribution in [3.8, 4) is 0 Å². The van der Waals surface area contributed by atoms with E-state index in [1.54, 1.807) is 4.90 Å². The quantitative estimate of drug-likeness (QED) is 0.684. The van der Waals surface area contributed by atoms with E-state index in [0.29, 0.717) is 31.0 Å². The van der Waals surface area contributed by atoms with Crippen molar-refractivity contribution < 1.29 is 19.1 Å². The van der Waals surface area contributed by atoms with Gasteiger partial charge < -0.3 is 15.4 Å². The number of nitrogens with one attached hydrogen (secondary N) is 1. The molecule has 8 heteroatoms. The molecule has 0 saturated carbocycles. The first-order valence-corrected chi connectivity index (χ1v) is 10.3. The van der Waals surface area contributed by atoms with Gasteiger partial charge in [0, 0.05) is 43.6 Å². The van der Waals surface area contributed by atoms with E-state index in [4.69, 9.17) is 10.5 Å². The molecule has 0 bridgehead atoms. The topological polar surface area (TPSA) is 105 Å². The summed E-state index contributed by atoms with van der Waals surface area (Å²) in [6.45, 7) is 5.29. The fourth-order valence-electron chi connectivity index (χ4n) is 5.32. The number of carbonyl (C=O) groups is 3. The van der Waals surface area contributed by atoms with Gasteiger partial charge in [0.05, 0.1) is 13.2 Å². The summed E-state index contributed by atoms with van der Waals surface area (Å²) in [6, 6.07) is 5.24. The fourth-order valence-corrected chi connectivity index (χ4v) is 5.32. The molecule has 3 saturated heterocycles. The standard InChI is InChI=1S/C21H26N4O4/c22-6-14-8-24(10-21(14)11-29-12-21)7-13-2-1-3-15-16(13)9-25(20(15)28)17-4-5-18(26)23-19(17)27/h1-3,14,17H,4-12,22H2,(H,23,26,27). The van der Waals surface area contributed by atoms with Crippen molar-refractivity contribution in [1.82, 2.24) is 15.1 Å². The number of imide groups is 1. The summed E-state index contributed by atoms with van der Waals surface area (Å²) < 4.78 is 5.48. The van der Waals surface area contributed by atoms with Crippen LogP contribution >= 0.6 is 0 Å². The Morgan fingerprint density at radius 2 is 2.07 bits per heavy atom. The number of likely N-dealkylation sites (tertiary alicyclic amines) is 1. The van der Waals surface area contributed by atoms with E-state index >= 15 is 0 Å². The second-order valence-electron chi connectivity index (χ2n) is 8.80. The van der Waals surface area contributed by atoms with Crippen LogP contribution in [0, 0.1) is 11.3 Å². The highest BCUT2D eigenvalue weighted by atomic mass is 16.5. The molecule has 0 aromatic heterocycles. The average molecular weight is 398 g/mol. The Kier molecular flexibility index (Phi) is 4.45. The first-order valence-electron chi connectivity index (χ1n) is 10.3. The molecule has 5 rings (SSSR count). The largest absolute Gasteiger partial charge is 0.380 e. The minimum atomic E-state index is -0.579. The van der Waals surface area contributed by atoms with Crippen molar-refractivity contribution in [3.05, 3.63) is 34.9 Å². The molecule has 0 aliphatic carbocycles. The minimum Gasteiger partial charge on any atom is -0.380 e. The highest BCUT2D eigenvalue weighted by Crippen LogP contribution is 2.42. The summed E-state index contributed by atoms with van der Waals surface area (Å²) in [6.07, 6.45) is 0.647. The number of fused-ring (bicyclic) bond motifs is 1. The van der Waals surface area contributed by atoms with E-state index < -0.39 is 6.04 Å². The number of nitrogens with two attached hydrogens (primary N) is 1. The van der Waals surface area contributed by atoms with Crippen LogP contribution in [-0.4, -0.2) is 66.4 Å². The Hall–Kier alpha value is -2.29. The molecule has 4 aliphatic rings. The predicted octanol–water partition coefficient (Wildman–Crippen LogP) is -0.145. The number of hydrogen-bond acceptors (Lipinski definition) is 6. The van der Waals surface area contributed by atoms with E-state index in [1.807, 2.05) is 12.1 Å². The van der Waals surface area contributed by atoms with E-state index in [-0.39, 0.29) is 29.6 Å². The summed E-state index contributed by atoms with van der Waals surface area (Å²) >= 11 is 0. The molecule has 1 spiro atoms. The zero-order valence-corrected chi connectivity index (χ0v) is 16.4. The number of amides is 3. The lowest BCUT2D eigenvalue weighted by Crippen LogP contribution is -2.52. The number of benzene rings is 1. The maximum absolute atomic E-state index is 13.0. The monoisotopic (exact) mass is 398 g/mol. The average Bonchev–Trinajstić information content (AvgIpc) is 3.21. The third kappa shape index (κ3) is 2.97. The highest BCUT2D eigenvalue weighted by molar-refractivity contribution is 6.05. The predicted molar refractivity (Wildman–Crippen MR) is 104 cm³/mol. The molecule has 4 heterocycles. The number of hydrogen-bond donors (Lipinski definition) is 2. The van der Waals surface area contributed by atoms with Gasteiger partial charge in [-0.3, -0.25) is 24.6 Å². The van der Waals surface area contributed by atoms with Gasteiger partial charge in [-0.25, -0.2) is 0 Å². The van der Waals surface area contributed by atoms with E-state index in [1.165, 1.54) is 0 Å². The molecule has 29 heavy (non-hydrogen) atoms. The molecule has 154 valence electrons. The molecule has 1 aromatic rings. The lowest BCUT2D eigenvalue weighted by molar-refractivity contribution is -0.136. The van der Waals surface area contributed by atoms with Crippen molar-refractivity contribution in [2.45, 2.75) is 32.0 Å². The Morgan fingerprint density at radius 3 is 2.72 bits per heavy atom. The molecule has 1 aromatic carbocycles. The molecule has 3 N–H and O–H groups in total. The summed E-state index contributed by atoms with van der Waals surface area (Å²) in [7, 11) is 0. The number of piperidine rings is 1. The van der Waals surface area contributed by atoms with Gasteiger partial charge in [0.25, 0.3) is 5.91 Å². The SMILES string of the molecule is NCC1CN(Cc2cccc3c2CN(C2CCC(=O)NC2=O)C3=O)CC12COC2. The molecular weight excluding hydrogens is 372 g/mol. The lowest BCUT2D eigenvalue weighted by Gasteiger charge is -2.42. The number of ether oxygens (including phenoxy) is 1. The Labute approximate surface area is 169 Å². The zero-order valence-electron chi connectivity index (χ0n) is 16.4. The molecule has 0 radical (unpaired) electrons. The fraction of sp³-hybridized carbons (Fsp3) is 0.571. The van der Waals surface area contributed by atoms with Crippen molar-refractivity contribution in [2.75, 3.05) is 32.8 Å². The van der Waals surface area contributed by atoms with E-state index in [0.717, 1.165) is 44.0 Å². The van der Waals surface area contributed by atoms with Crippen LogP contribution in [-0.2, 0) is 27.4 Å². The van der Waals surface area contributed by atoms with Crippen molar-refractivity contribution in [1.29, 1.82) is 0 Å². The third-order valence-electron chi connectivity index (χ3n) is 7.02. The normalized spacial score (nSPS) is 28.6. The van der Waals surface area contributed by atoms with Crippen LogP contribution in [0.15, 0.2) is 18.2 Å².